The molecule has 0 spiro atoms. The lowest BCUT2D eigenvalue weighted by molar-refractivity contribution is 0.139. The van der Waals surface area contributed by atoms with Crippen LogP contribution in [0.25, 0.3) is 0 Å². The van der Waals surface area contributed by atoms with Gasteiger partial charge in [0.05, 0.1) is 23.1 Å². The zero-order chi connectivity index (χ0) is 21.7. The maximum atomic E-state index is 9.56. The fraction of sp³-hybridized carbons (Fsp3) is 0.435. The molecule has 160 valence electrons. The van der Waals surface area contributed by atoms with E-state index < -0.39 is 0 Å². The first kappa shape index (κ1) is 23.1. The van der Waals surface area contributed by atoms with Crippen molar-refractivity contribution < 1.29 is 9.47 Å². The number of halogens is 2. The SMILES string of the molecule is CSN1CC(COc2ccc(C(C)(C)c3cc(Cl)c(OCCCl)c(C#N)c3)cc2)C1. The zero-order valence-electron chi connectivity index (χ0n) is 17.5. The lowest BCUT2D eigenvalue weighted by atomic mass is 9.77. The summed E-state index contributed by atoms with van der Waals surface area (Å²) in [7, 11) is 0. The van der Waals surface area contributed by atoms with E-state index in [9.17, 15) is 5.26 Å². The second-order valence-electron chi connectivity index (χ2n) is 7.84. The summed E-state index contributed by atoms with van der Waals surface area (Å²) in [6, 6.07) is 14.1. The first-order chi connectivity index (χ1) is 14.4. The molecule has 0 amide bonds. The molecule has 0 atom stereocenters. The van der Waals surface area contributed by atoms with Gasteiger partial charge in [0.2, 0.25) is 0 Å². The van der Waals surface area contributed by atoms with Gasteiger partial charge in [0.25, 0.3) is 0 Å². The van der Waals surface area contributed by atoms with Gasteiger partial charge in [0.15, 0.2) is 5.75 Å². The van der Waals surface area contributed by atoms with Crippen molar-refractivity contribution in [2.24, 2.45) is 5.92 Å². The maximum absolute atomic E-state index is 9.56. The minimum Gasteiger partial charge on any atom is -0.493 e. The van der Waals surface area contributed by atoms with Crippen molar-refractivity contribution in [3.8, 4) is 17.6 Å². The van der Waals surface area contributed by atoms with Crippen molar-refractivity contribution in [2.45, 2.75) is 19.3 Å². The molecule has 0 saturated carbocycles. The highest BCUT2D eigenvalue weighted by Gasteiger charge is 2.28. The molecule has 1 fully saturated rings. The van der Waals surface area contributed by atoms with E-state index in [4.69, 9.17) is 32.7 Å². The molecule has 7 heteroatoms. The van der Waals surface area contributed by atoms with Gasteiger partial charge in [-0.1, -0.05) is 49.5 Å². The third-order valence-electron chi connectivity index (χ3n) is 5.45. The van der Waals surface area contributed by atoms with Crippen LogP contribution < -0.4 is 9.47 Å². The molecule has 0 N–H and O–H groups in total. The Bertz CT molecular complexity index is 907. The van der Waals surface area contributed by atoms with Crippen LogP contribution in [0, 0.1) is 17.2 Å². The number of ether oxygens (including phenoxy) is 2. The normalized spacial score (nSPS) is 14.8. The quantitative estimate of drug-likeness (QED) is 0.349. The van der Waals surface area contributed by atoms with E-state index in [0.29, 0.717) is 34.7 Å². The van der Waals surface area contributed by atoms with Gasteiger partial charge in [-0.3, -0.25) is 0 Å². The Hall–Kier alpha value is -1.58. The van der Waals surface area contributed by atoms with E-state index in [1.54, 1.807) is 11.9 Å². The highest BCUT2D eigenvalue weighted by molar-refractivity contribution is 7.96. The average Bonchev–Trinajstić information content (AvgIpc) is 2.71. The smallest absolute Gasteiger partial charge is 0.155 e. The van der Waals surface area contributed by atoms with Crippen molar-refractivity contribution >= 4 is 35.1 Å². The van der Waals surface area contributed by atoms with Gasteiger partial charge in [0, 0.05) is 24.4 Å². The molecule has 2 aromatic rings. The van der Waals surface area contributed by atoms with Gasteiger partial charge in [-0.25, -0.2) is 4.31 Å². The van der Waals surface area contributed by atoms with Crippen LogP contribution in [0.15, 0.2) is 36.4 Å². The molecule has 2 aromatic carbocycles. The summed E-state index contributed by atoms with van der Waals surface area (Å²) in [5.41, 5.74) is 2.13. The third-order valence-corrected chi connectivity index (χ3v) is 6.70. The predicted octanol–water partition coefficient (Wildman–Crippen LogP) is 5.74. The molecule has 1 heterocycles. The van der Waals surface area contributed by atoms with Crippen LogP contribution in [0.3, 0.4) is 0 Å². The molecule has 3 rings (SSSR count). The Balaban J connectivity index is 1.73. The summed E-state index contributed by atoms with van der Waals surface area (Å²) in [6.07, 6.45) is 2.10. The summed E-state index contributed by atoms with van der Waals surface area (Å²) < 4.78 is 13.8. The summed E-state index contributed by atoms with van der Waals surface area (Å²) >= 11 is 13.9. The minimum absolute atomic E-state index is 0.302. The standard InChI is InChI=1S/C23H26Cl2N2O2S/c1-23(2,19-10-17(12-26)22(21(25)11-19)28-9-8-24)18-4-6-20(7-5-18)29-15-16-13-27(14-16)30-3/h4-7,10-11,16H,8-9,13-15H2,1-3H3. The molecule has 1 aliphatic rings. The molecule has 0 radical (unpaired) electrons. The van der Waals surface area contributed by atoms with Crippen LogP contribution in [0.5, 0.6) is 11.5 Å². The van der Waals surface area contributed by atoms with Crippen molar-refractivity contribution in [3.05, 3.63) is 58.1 Å². The van der Waals surface area contributed by atoms with Crippen molar-refractivity contribution in [1.82, 2.24) is 4.31 Å². The second kappa shape index (κ2) is 10.2. The number of alkyl halides is 1. The van der Waals surface area contributed by atoms with Gasteiger partial charge in [-0.15, -0.1) is 11.6 Å². The molecule has 0 unspecified atom stereocenters. The molecular formula is C23H26Cl2N2O2S. The van der Waals surface area contributed by atoms with E-state index in [0.717, 1.165) is 36.6 Å². The maximum Gasteiger partial charge on any atom is 0.155 e. The van der Waals surface area contributed by atoms with Crippen LogP contribution in [-0.4, -0.2) is 42.7 Å². The molecule has 0 bridgehead atoms. The van der Waals surface area contributed by atoms with E-state index in [1.807, 2.05) is 24.3 Å². The Morgan fingerprint density at radius 3 is 2.47 bits per heavy atom. The lowest BCUT2D eigenvalue weighted by Gasteiger charge is -2.36. The van der Waals surface area contributed by atoms with Gasteiger partial charge in [-0.05, 0) is 41.6 Å². The Labute approximate surface area is 193 Å². The van der Waals surface area contributed by atoms with Crippen molar-refractivity contribution in [2.75, 3.05) is 38.4 Å². The first-order valence-electron chi connectivity index (χ1n) is 9.84. The predicted molar refractivity (Wildman–Crippen MR) is 125 cm³/mol. The molecule has 1 aliphatic heterocycles. The highest BCUT2D eigenvalue weighted by Crippen LogP contribution is 2.38. The van der Waals surface area contributed by atoms with E-state index in [1.165, 1.54) is 0 Å². The number of benzene rings is 2. The molecule has 4 nitrogen and oxygen atoms in total. The van der Waals surface area contributed by atoms with E-state index in [2.05, 4.69) is 42.6 Å². The molecule has 30 heavy (non-hydrogen) atoms. The largest absolute Gasteiger partial charge is 0.493 e. The number of nitrogens with zero attached hydrogens (tertiary/aromatic N) is 2. The van der Waals surface area contributed by atoms with Gasteiger partial charge >= 0.3 is 0 Å². The number of hydrogen-bond donors (Lipinski definition) is 0. The van der Waals surface area contributed by atoms with Crippen LogP contribution in [0.2, 0.25) is 5.02 Å². The molecule has 1 saturated heterocycles. The Kier molecular flexibility index (Phi) is 7.81. The van der Waals surface area contributed by atoms with Gasteiger partial charge < -0.3 is 9.47 Å². The second-order valence-corrected chi connectivity index (χ2v) is 9.51. The Morgan fingerprint density at radius 2 is 1.87 bits per heavy atom. The first-order valence-corrected chi connectivity index (χ1v) is 11.9. The fourth-order valence-electron chi connectivity index (χ4n) is 3.45. The van der Waals surface area contributed by atoms with Crippen molar-refractivity contribution in [1.29, 1.82) is 5.26 Å². The summed E-state index contributed by atoms with van der Waals surface area (Å²) in [4.78, 5) is 0. The molecule has 0 aromatic heterocycles. The topological polar surface area (TPSA) is 45.5 Å². The van der Waals surface area contributed by atoms with E-state index >= 15 is 0 Å². The van der Waals surface area contributed by atoms with Crippen LogP contribution in [0.4, 0.5) is 0 Å². The summed E-state index contributed by atoms with van der Waals surface area (Å²) in [5.74, 6) is 2.19. The van der Waals surface area contributed by atoms with Gasteiger partial charge in [-0.2, -0.15) is 5.26 Å². The molecular weight excluding hydrogens is 439 g/mol. The zero-order valence-corrected chi connectivity index (χ0v) is 19.8. The minimum atomic E-state index is -0.342. The van der Waals surface area contributed by atoms with Gasteiger partial charge in [0.1, 0.15) is 18.4 Å². The van der Waals surface area contributed by atoms with Crippen LogP contribution in [0.1, 0.15) is 30.5 Å². The molecule has 0 aliphatic carbocycles. The van der Waals surface area contributed by atoms with Crippen molar-refractivity contribution in [3.63, 3.8) is 0 Å². The summed E-state index contributed by atoms with van der Waals surface area (Å²) in [5, 5.41) is 9.98. The fourth-order valence-corrected chi connectivity index (χ4v) is 4.52. The number of rotatable bonds is 9. The lowest BCUT2D eigenvalue weighted by Crippen LogP contribution is -2.44. The van der Waals surface area contributed by atoms with Crippen LogP contribution >= 0.6 is 35.1 Å². The summed E-state index contributed by atoms with van der Waals surface area (Å²) in [6.45, 7) is 7.43. The Morgan fingerprint density at radius 1 is 1.17 bits per heavy atom. The highest BCUT2D eigenvalue weighted by atomic mass is 35.5. The van der Waals surface area contributed by atoms with E-state index in [-0.39, 0.29) is 5.41 Å². The third kappa shape index (κ3) is 5.18. The average molecular weight is 465 g/mol. The number of hydrogen-bond acceptors (Lipinski definition) is 5. The monoisotopic (exact) mass is 464 g/mol. The van der Waals surface area contributed by atoms with Crippen LogP contribution in [-0.2, 0) is 5.41 Å². The number of nitriles is 1.